The minimum atomic E-state index is -1.29. The number of aliphatic hydroxyl groups is 2. The van der Waals surface area contributed by atoms with Crippen LogP contribution in [0, 0.1) is 0 Å². The zero-order chi connectivity index (χ0) is 15.8. The Morgan fingerprint density at radius 2 is 2.33 bits per heavy atom. The Balaban J connectivity index is 2.48. The van der Waals surface area contributed by atoms with Crippen LogP contribution in [0.3, 0.4) is 0 Å². The Labute approximate surface area is 120 Å². The molecule has 1 aromatic rings. The van der Waals surface area contributed by atoms with Gasteiger partial charge in [-0.05, 0) is 13.0 Å². The van der Waals surface area contributed by atoms with E-state index < -0.39 is 42.2 Å². The van der Waals surface area contributed by atoms with Gasteiger partial charge in [-0.1, -0.05) is 0 Å². The Bertz CT molecular complexity index is 604. The van der Waals surface area contributed by atoms with E-state index in [1.165, 1.54) is 26.1 Å². The fourth-order valence-corrected chi connectivity index (χ4v) is 2.53. The van der Waals surface area contributed by atoms with E-state index in [9.17, 15) is 19.8 Å². The van der Waals surface area contributed by atoms with E-state index in [1.807, 2.05) is 0 Å². The molecule has 0 radical (unpaired) electrons. The topological polar surface area (TPSA) is 140 Å². The number of ether oxygens (including phenoxy) is 1. The van der Waals surface area contributed by atoms with Crippen molar-refractivity contribution in [2.45, 2.75) is 37.8 Å². The summed E-state index contributed by atoms with van der Waals surface area (Å²) in [4.78, 5) is 26.9. The maximum atomic E-state index is 11.9. The molecule has 5 N–H and O–H groups in total. The number of nitrogens with one attached hydrogen (secondary N) is 1. The number of nitrogens with two attached hydrogens (primary N) is 1. The molecule has 1 amide bonds. The number of hydrogen-bond acceptors (Lipinski definition) is 7. The zero-order valence-corrected chi connectivity index (χ0v) is 11.7. The molecule has 1 aromatic heterocycles. The molecule has 0 aromatic carbocycles. The highest BCUT2D eigenvalue weighted by Gasteiger charge is 2.54. The molecule has 2 heterocycles. The van der Waals surface area contributed by atoms with Crippen molar-refractivity contribution in [3.8, 4) is 0 Å². The molecule has 0 saturated carbocycles. The van der Waals surface area contributed by atoms with Crippen molar-refractivity contribution in [1.29, 1.82) is 0 Å². The van der Waals surface area contributed by atoms with Gasteiger partial charge in [0.25, 0.3) is 0 Å². The van der Waals surface area contributed by atoms with Crippen molar-refractivity contribution in [3.05, 3.63) is 22.7 Å². The van der Waals surface area contributed by atoms with Crippen LogP contribution in [-0.2, 0) is 9.53 Å². The second-order valence-corrected chi connectivity index (χ2v) is 5.16. The predicted octanol–water partition coefficient (Wildman–Crippen LogP) is -2.03. The first-order chi connectivity index (χ1) is 9.79. The highest BCUT2D eigenvalue weighted by Crippen LogP contribution is 2.37. The summed E-state index contributed by atoms with van der Waals surface area (Å²) in [5.74, 6) is -0.352. The Hall–Kier alpha value is -1.97. The SMILES string of the molecule is CC(=O)N[C@]1(C)[C@H](O)[C@@H](CO)O[C@H]1n1ccc(N)nc1=O. The van der Waals surface area contributed by atoms with Crippen LogP contribution < -0.4 is 16.7 Å². The van der Waals surface area contributed by atoms with E-state index in [2.05, 4.69) is 10.3 Å². The number of aliphatic hydroxyl groups excluding tert-OH is 2. The van der Waals surface area contributed by atoms with Gasteiger partial charge in [-0.25, -0.2) is 4.79 Å². The predicted molar refractivity (Wildman–Crippen MR) is 72.1 cm³/mol. The van der Waals surface area contributed by atoms with Crippen LogP contribution in [-0.4, -0.2) is 50.0 Å². The summed E-state index contributed by atoms with van der Waals surface area (Å²) in [6, 6.07) is 1.40. The van der Waals surface area contributed by atoms with E-state index in [1.54, 1.807) is 0 Å². The van der Waals surface area contributed by atoms with E-state index in [0.717, 1.165) is 4.57 Å². The molecule has 21 heavy (non-hydrogen) atoms. The lowest BCUT2D eigenvalue weighted by atomic mass is 9.92. The van der Waals surface area contributed by atoms with Crippen molar-refractivity contribution in [3.63, 3.8) is 0 Å². The van der Waals surface area contributed by atoms with Gasteiger partial charge in [-0.15, -0.1) is 0 Å². The van der Waals surface area contributed by atoms with Crippen LogP contribution >= 0.6 is 0 Å². The lowest BCUT2D eigenvalue weighted by Gasteiger charge is -2.33. The van der Waals surface area contributed by atoms with Crippen molar-refractivity contribution in [1.82, 2.24) is 14.9 Å². The lowest BCUT2D eigenvalue weighted by molar-refractivity contribution is -0.123. The number of hydrogen-bond donors (Lipinski definition) is 4. The van der Waals surface area contributed by atoms with E-state index in [4.69, 9.17) is 10.5 Å². The van der Waals surface area contributed by atoms with Crippen LogP contribution in [0.25, 0.3) is 0 Å². The fraction of sp³-hybridized carbons (Fsp3) is 0.583. The normalized spacial score (nSPS) is 32.1. The summed E-state index contributed by atoms with van der Waals surface area (Å²) in [7, 11) is 0. The van der Waals surface area contributed by atoms with Gasteiger partial charge in [0.1, 0.15) is 23.6 Å². The third-order valence-electron chi connectivity index (χ3n) is 3.51. The van der Waals surface area contributed by atoms with Gasteiger partial charge in [-0.3, -0.25) is 9.36 Å². The first-order valence-electron chi connectivity index (χ1n) is 6.37. The van der Waals surface area contributed by atoms with Crippen LogP contribution in [0.15, 0.2) is 17.1 Å². The van der Waals surface area contributed by atoms with E-state index >= 15 is 0 Å². The maximum absolute atomic E-state index is 11.9. The molecule has 1 fully saturated rings. The minimum absolute atomic E-state index is 0.0507. The maximum Gasteiger partial charge on any atom is 0.351 e. The summed E-state index contributed by atoms with van der Waals surface area (Å²) in [6.07, 6.45) is -1.78. The number of amides is 1. The van der Waals surface area contributed by atoms with Crippen molar-refractivity contribution >= 4 is 11.7 Å². The van der Waals surface area contributed by atoms with Crippen molar-refractivity contribution in [2.24, 2.45) is 0 Å². The molecule has 116 valence electrons. The first kappa shape index (κ1) is 15.4. The number of aromatic nitrogens is 2. The van der Waals surface area contributed by atoms with Gasteiger partial charge in [-0.2, -0.15) is 4.98 Å². The average Bonchev–Trinajstić information content (AvgIpc) is 2.62. The fourth-order valence-electron chi connectivity index (χ4n) is 2.53. The summed E-state index contributed by atoms with van der Waals surface area (Å²) in [5.41, 5.74) is 3.46. The summed E-state index contributed by atoms with van der Waals surface area (Å²) < 4.78 is 6.63. The summed E-state index contributed by atoms with van der Waals surface area (Å²) in [6.45, 7) is 2.36. The number of rotatable bonds is 3. The van der Waals surface area contributed by atoms with Gasteiger partial charge in [0.15, 0.2) is 6.23 Å². The third kappa shape index (κ3) is 2.62. The first-order valence-corrected chi connectivity index (χ1v) is 6.37. The van der Waals surface area contributed by atoms with Crippen LogP contribution in [0.1, 0.15) is 20.1 Å². The number of carbonyl (C=O) groups excluding carboxylic acids is 1. The molecule has 0 spiro atoms. The molecule has 1 aliphatic heterocycles. The molecular formula is C12H18N4O5. The minimum Gasteiger partial charge on any atom is -0.394 e. The number of carbonyl (C=O) groups is 1. The molecule has 9 nitrogen and oxygen atoms in total. The van der Waals surface area contributed by atoms with Crippen LogP contribution in [0.4, 0.5) is 5.82 Å². The largest absolute Gasteiger partial charge is 0.394 e. The molecule has 1 saturated heterocycles. The average molecular weight is 298 g/mol. The lowest BCUT2D eigenvalue weighted by Crippen LogP contribution is -2.58. The highest BCUT2D eigenvalue weighted by molar-refractivity contribution is 5.74. The second-order valence-electron chi connectivity index (χ2n) is 5.16. The third-order valence-corrected chi connectivity index (χ3v) is 3.51. The van der Waals surface area contributed by atoms with Gasteiger partial charge >= 0.3 is 5.69 Å². The van der Waals surface area contributed by atoms with E-state index in [0.29, 0.717) is 0 Å². The van der Waals surface area contributed by atoms with Crippen LogP contribution in [0.2, 0.25) is 0 Å². The smallest absolute Gasteiger partial charge is 0.351 e. The monoisotopic (exact) mass is 298 g/mol. The molecule has 9 heteroatoms. The van der Waals surface area contributed by atoms with Crippen molar-refractivity contribution in [2.75, 3.05) is 12.3 Å². The van der Waals surface area contributed by atoms with Gasteiger partial charge in [0, 0.05) is 13.1 Å². The second kappa shape index (κ2) is 5.43. The summed E-state index contributed by atoms with van der Waals surface area (Å²) in [5, 5.41) is 22.1. The highest BCUT2D eigenvalue weighted by atomic mass is 16.5. The molecule has 1 aliphatic rings. The van der Waals surface area contributed by atoms with Gasteiger partial charge in [0.2, 0.25) is 5.91 Å². The zero-order valence-electron chi connectivity index (χ0n) is 11.7. The molecule has 4 atom stereocenters. The number of anilines is 1. The Morgan fingerprint density at radius 1 is 1.67 bits per heavy atom. The standard InChI is InChI=1S/C12H18N4O5/c1-6(18)15-12(2)9(19)7(5-17)21-10(12)16-4-3-8(13)14-11(16)20/h3-4,7,9-10,17,19H,5H2,1-2H3,(H,15,18)(H2,13,14,20)/t7-,9-,10-,12-/m1/s1. The number of nitrogen functional groups attached to an aromatic ring is 1. The molecule has 0 unspecified atom stereocenters. The molecule has 0 bridgehead atoms. The summed E-state index contributed by atoms with van der Waals surface area (Å²) >= 11 is 0. The molecular weight excluding hydrogens is 280 g/mol. The number of nitrogens with zero attached hydrogens (tertiary/aromatic N) is 2. The van der Waals surface area contributed by atoms with Crippen molar-refractivity contribution < 1.29 is 19.7 Å². The van der Waals surface area contributed by atoms with E-state index in [-0.39, 0.29) is 5.82 Å². The molecule has 0 aliphatic carbocycles. The Morgan fingerprint density at radius 3 is 2.86 bits per heavy atom. The Kier molecular flexibility index (Phi) is 3.99. The van der Waals surface area contributed by atoms with Gasteiger partial charge in [0.05, 0.1) is 6.61 Å². The van der Waals surface area contributed by atoms with Gasteiger partial charge < -0.3 is 26.0 Å². The molecule has 2 rings (SSSR count). The van der Waals surface area contributed by atoms with Crippen LogP contribution in [0.5, 0.6) is 0 Å². The quantitative estimate of drug-likeness (QED) is 0.504.